The molecule has 1 saturated heterocycles. The Morgan fingerprint density at radius 1 is 1.03 bits per heavy atom. The molecule has 9 nitrogen and oxygen atoms in total. The van der Waals surface area contributed by atoms with Gasteiger partial charge in [-0.25, -0.2) is 10.8 Å². The lowest BCUT2D eigenvalue weighted by molar-refractivity contribution is 0.0745. The topological polar surface area (TPSA) is 118 Å². The zero-order chi connectivity index (χ0) is 23.8. The Morgan fingerprint density at radius 2 is 1.67 bits per heavy atom. The first-order valence-electron chi connectivity index (χ1n) is 11.0. The average Bonchev–Trinajstić information content (AvgIpc) is 3.21. The van der Waals surface area contributed by atoms with Crippen molar-refractivity contribution < 1.29 is 9.21 Å². The molecular weight excluding hydrogens is 418 g/mol. The summed E-state index contributed by atoms with van der Waals surface area (Å²) in [7, 11) is 0. The van der Waals surface area contributed by atoms with Gasteiger partial charge in [-0.3, -0.25) is 4.79 Å². The Kier molecular flexibility index (Phi) is 5.99. The number of hydrogen-bond donors (Lipinski definition) is 2. The van der Waals surface area contributed by atoms with Crippen molar-refractivity contribution >= 4 is 28.8 Å². The van der Waals surface area contributed by atoms with Gasteiger partial charge in [0.2, 0.25) is 5.65 Å². The quantitative estimate of drug-likeness (QED) is 0.461. The van der Waals surface area contributed by atoms with E-state index in [1.165, 1.54) is 0 Å². The van der Waals surface area contributed by atoms with Gasteiger partial charge in [0.1, 0.15) is 0 Å². The second-order valence-corrected chi connectivity index (χ2v) is 9.29. The minimum absolute atomic E-state index is 0.00579. The lowest BCUT2D eigenvalue weighted by Gasteiger charge is -2.33. The van der Waals surface area contributed by atoms with E-state index in [2.05, 4.69) is 9.97 Å². The third-order valence-electron chi connectivity index (χ3n) is 5.74. The SMILES string of the molecule is Cc1ccc2oc(N3CCN(C(=O)c4ccc(/C(N)=C/N(N)C(C)(C)C)cc4)CC3)nc2n1. The van der Waals surface area contributed by atoms with Crippen LogP contribution in [0.2, 0.25) is 0 Å². The number of nitrogens with zero attached hydrogens (tertiary/aromatic N) is 5. The first kappa shape index (κ1) is 22.6. The molecule has 0 unspecified atom stereocenters. The molecule has 9 heteroatoms. The van der Waals surface area contributed by atoms with Crippen LogP contribution in [-0.4, -0.2) is 57.5 Å². The monoisotopic (exact) mass is 449 g/mol. The molecule has 174 valence electrons. The summed E-state index contributed by atoms with van der Waals surface area (Å²) < 4.78 is 5.85. The molecule has 0 radical (unpaired) electrons. The van der Waals surface area contributed by atoms with Gasteiger partial charge < -0.3 is 25.0 Å². The normalized spacial score (nSPS) is 15.2. The molecule has 0 saturated carbocycles. The number of hydrogen-bond acceptors (Lipinski definition) is 8. The van der Waals surface area contributed by atoms with E-state index in [-0.39, 0.29) is 11.4 Å². The Morgan fingerprint density at radius 3 is 2.30 bits per heavy atom. The molecular formula is C24H31N7O2. The molecule has 4 N–H and O–H groups in total. The molecule has 1 aliphatic rings. The Hall–Kier alpha value is -3.59. The van der Waals surface area contributed by atoms with E-state index in [1.54, 1.807) is 23.3 Å². The van der Waals surface area contributed by atoms with Crippen LogP contribution in [0.5, 0.6) is 0 Å². The predicted octanol–water partition coefficient (Wildman–Crippen LogP) is 2.72. The summed E-state index contributed by atoms with van der Waals surface area (Å²) in [4.78, 5) is 25.8. The number of nitrogens with two attached hydrogens (primary N) is 2. The van der Waals surface area contributed by atoms with E-state index in [0.29, 0.717) is 54.7 Å². The van der Waals surface area contributed by atoms with E-state index in [9.17, 15) is 4.79 Å². The molecule has 4 rings (SSSR count). The lowest BCUT2D eigenvalue weighted by Crippen LogP contribution is -2.48. The molecule has 0 atom stereocenters. The van der Waals surface area contributed by atoms with E-state index in [4.69, 9.17) is 16.0 Å². The van der Waals surface area contributed by atoms with Gasteiger partial charge in [-0.2, -0.15) is 4.98 Å². The molecule has 1 fully saturated rings. The van der Waals surface area contributed by atoms with Crippen molar-refractivity contribution in [1.82, 2.24) is 19.9 Å². The fraction of sp³-hybridized carbons (Fsp3) is 0.375. The van der Waals surface area contributed by atoms with Crippen LogP contribution >= 0.6 is 0 Å². The fourth-order valence-corrected chi connectivity index (χ4v) is 3.54. The second-order valence-electron chi connectivity index (χ2n) is 9.29. The van der Waals surface area contributed by atoms with Gasteiger partial charge in [-0.15, -0.1) is 0 Å². The first-order chi connectivity index (χ1) is 15.6. The predicted molar refractivity (Wildman–Crippen MR) is 129 cm³/mol. The second kappa shape index (κ2) is 8.74. The largest absolute Gasteiger partial charge is 0.422 e. The molecule has 0 bridgehead atoms. The highest BCUT2D eigenvalue weighted by Gasteiger charge is 2.25. The fourth-order valence-electron chi connectivity index (χ4n) is 3.54. The van der Waals surface area contributed by atoms with E-state index < -0.39 is 0 Å². The first-order valence-corrected chi connectivity index (χ1v) is 11.0. The van der Waals surface area contributed by atoms with Crippen molar-refractivity contribution in [2.24, 2.45) is 11.6 Å². The molecule has 3 aromatic rings. The molecule has 1 amide bonds. The van der Waals surface area contributed by atoms with Gasteiger partial charge in [-0.1, -0.05) is 12.1 Å². The maximum absolute atomic E-state index is 13.0. The van der Waals surface area contributed by atoms with Crippen LogP contribution in [0.25, 0.3) is 16.9 Å². The maximum Gasteiger partial charge on any atom is 0.300 e. The van der Waals surface area contributed by atoms with Gasteiger partial charge in [0.25, 0.3) is 11.9 Å². The highest BCUT2D eigenvalue weighted by atomic mass is 16.4. The summed E-state index contributed by atoms with van der Waals surface area (Å²) in [6.07, 6.45) is 1.71. The Balaban J connectivity index is 1.38. The molecule has 2 aromatic heterocycles. The number of carbonyl (C=O) groups excluding carboxylic acids is 1. The number of fused-ring (bicyclic) bond motifs is 1. The number of pyridine rings is 1. The number of oxazole rings is 1. The average molecular weight is 450 g/mol. The Bertz CT molecular complexity index is 1170. The number of anilines is 1. The van der Waals surface area contributed by atoms with E-state index in [1.807, 2.05) is 61.8 Å². The summed E-state index contributed by atoms with van der Waals surface area (Å²) in [5.41, 5.74) is 10.1. The standard InChI is InChI=1S/C24H31N7O2/c1-16-5-10-20-21(27-16)28-23(33-20)30-13-11-29(12-14-30)22(32)18-8-6-17(7-9-18)19(25)15-31(26)24(2,3)4/h5-10,15H,11-14,25-26H2,1-4H3/b19-15-. The molecule has 3 heterocycles. The highest BCUT2D eigenvalue weighted by molar-refractivity contribution is 5.94. The van der Waals surface area contributed by atoms with Crippen LogP contribution in [0, 0.1) is 6.92 Å². The smallest absolute Gasteiger partial charge is 0.300 e. The number of aryl methyl sites for hydroxylation is 1. The molecule has 1 aromatic carbocycles. The zero-order valence-corrected chi connectivity index (χ0v) is 19.6. The van der Waals surface area contributed by atoms with Crippen LogP contribution in [0.4, 0.5) is 6.01 Å². The minimum Gasteiger partial charge on any atom is -0.422 e. The van der Waals surface area contributed by atoms with Crippen molar-refractivity contribution in [1.29, 1.82) is 0 Å². The summed E-state index contributed by atoms with van der Waals surface area (Å²) >= 11 is 0. The number of hydrazine groups is 1. The van der Waals surface area contributed by atoms with Gasteiger partial charge in [0, 0.05) is 49.2 Å². The summed E-state index contributed by atoms with van der Waals surface area (Å²) in [5.74, 6) is 6.04. The third-order valence-corrected chi connectivity index (χ3v) is 5.74. The zero-order valence-electron chi connectivity index (χ0n) is 19.6. The number of piperazine rings is 1. The van der Waals surface area contributed by atoms with Crippen molar-refractivity contribution in [3.8, 4) is 0 Å². The minimum atomic E-state index is -0.240. The number of benzene rings is 1. The van der Waals surface area contributed by atoms with Crippen LogP contribution < -0.4 is 16.5 Å². The van der Waals surface area contributed by atoms with Crippen molar-refractivity contribution in [3.05, 3.63) is 59.4 Å². The number of amides is 1. The van der Waals surface area contributed by atoms with Crippen LogP contribution in [0.15, 0.2) is 47.0 Å². The third kappa shape index (κ3) is 4.93. The number of carbonyl (C=O) groups is 1. The Labute approximate surface area is 193 Å². The lowest BCUT2D eigenvalue weighted by atomic mass is 10.1. The summed E-state index contributed by atoms with van der Waals surface area (Å²) in [6.45, 7) is 10.4. The number of rotatable bonds is 4. The van der Waals surface area contributed by atoms with Crippen molar-refractivity contribution in [2.45, 2.75) is 33.2 Å². The van der Waals surface area contributed by atoms with Gasteiger partial charge in [0.15, 0.2) is 5.58 Å². The van der Waals surface area contributed by atoms with Crippen molar-refractivity contribution in [3.63, 3.8) is 0 Å². The van der Waals surface area contributed by atoms with Crippen LogP contribution in [-0.2, 0) is 0 Å². The van der Waals surface area contributed by atoms with Gasteiger partial charge in [-0.05, 0) is 57.5 Å². The van der Waals surface area contributed by atoms with E-state index >= 15 is 0 Å². The summed E-state index contributed by atoms with van der Waals surface area (Å²) in [6, 6.07) is 11.6. The molecule has 0 aliphatic carbocycles. The van der Waals surface area contributed by atoms with Gasteiger partial charge in [0.05, 0.1) is 5.70 Å². The van der Waals surface area contributed by atoms with Gasteiger partial charge >= 0.3 is 0 Å². The molecule has 0 spiro atoms. The van der Waals surface area contributed by atoms with E-state index in [0.717, 1.165) is 11.3 Å². The highest BCUT2D eigenvalue weighted by Crippen LogP contribution is 2.23. The maximum atomic E-state index is 13.0. The van der Waals surface area contributed by atoms with Crippen LogP contribution in [0.1, 0.15) is 42.4 Å². The van der Waals surface area contributed by atoms with Crippen molar-refractivity contribution in [2.75, 3.05) is 31.1 Å². The van der Waals surface area contributed by atoms with Crippen LogP contribution in [0.3, 0.4) is 0 Å². The summed E-state index contributed by atoms with van der Waals surface area (Å²) in [5, 5.41) is 1.58. The molecule has 33 heavy (non-hydrogen) atoms. The molecule has 1 aliphatic heterocycles. The number of aromatic nitrogens is 2.